The number of allylic oxidation sites excluding steroid dienone is 1. The molecule has 2 N–H and O–H groups in total. The Morgan fingerprint density at radius 2 is 2.12 bits per heavy atom. The minimum Gasteiger partial charge on any atom is -0.508 e. The molecule has 3 aliphatic carbocycles. The Bertz CT molecular complexity index is 672. The van der Waals surface area contributed by atoms with Crippen molar-refractivity contribution >= 4 is 0 Å². The molecule has 0 saturated heterocycles. The van der Waals surface area contributed by atoms with Crippen molar-refractivity contribution in [1.29, 1.82) is 0 Å². The van der Waals surface area contributed by atoms with E-state index in [9.17, 15) is 14.6 Å². The molecule has 0 spiro atoms. The van der Waals surface area contributed by atoms with Gasteiger partial charge >= 0.3 is 0 Å². The molecule has 0 radical (unpaired) electrons. The van der Waals surface area contributed by atoms with Gasteiger partial charge in [-0.05, 0) is 73.6 Å². The number of phenolic OH excluding ortho intramolecular Hbond substituents is 1. The fourth-order valence-corrected chi connectivity index (χ4v) is 6.32. The molecule has 6 atom stereocenters. The molecule has 2 fully saturated rings. The summed E-state index contributed by atoms with van der Waals surface area (Å²) in [7, 11) is 0. The van der Waals surface area contributed by atoms with Gasteiger partial charge in [-0.25, -0.2) is 4.39 Å². The molecular weight excluding hydrogens is 303 g/mol. The van der Waals surface area contributed by atoms with Gasteiger partial charge in [0, 0.05) is 10.8 Å². The summed E-state index contributed by atoms with van der Waals surface area (Å²) in [6.07, 6.45) is 5.20. The third kappa shape index (κ3) is 1.97. The van der Waals surface area contributed by atoms with E-state index < -0.39 is 17.7 Å². The molecule has 1 aromatic rings. The number of fused-ring (bicyclic) bond motifs is 5. The Labute approximate surface area is 143 Å². The van der Waals surface area contributed by atoms with Gasteiger partial charge in [0.2, 0.25) is 0 Å². The van der Waals surface area contributed by atoms with Crippen LogP contribution in [-0.4, -0.2) is 22.5 Å². The summed E-state index contributed by atoms with van der Waals surface area (Å²) < 4.78 is 14.8. The van der Waals surface area contributed by atoms with E-state index in [1.54, 1.807) is 6.07 Å². The summed E-state index contributed by atoms with van der Waals surface area (Å²) in [6.45, 7) is 6.04. The lowest BCUT2D eigenvalue weighted by Crippen LogP contribution is -2.52. The van der Waals surface area contributed by atoms with Crippen LogP contribution in [0.5, 0.6) is 5.75 Å². The van der Waals surface area contributed by atoms with E-state index in [1.165, 1.54) is 11.1 Å². The summed E-state index contributed by atoms with van der Waals surface area (Å²) in [5, 5.41) is 20.1. The zero-order valence-electron chi connectivity index (χ0n) is 14.3. The number of hydrogen-bond donors (Lipinski definition) is 2. The number of aryl methyl sites for hydroxylation is 1. The van der Waals surface area contributed by atoms with Gasteiger partial charge in [0.1, 0.15) is 11.9 Å². The first-order chi connectivity index (χ1) is 11.4. The second-order valence-electron chi connectivity index (χ2n) is 8.45. The number of alkyl halides is 1. The Morgan fingerprint density at radius 3 is 2.88 bits per heavy atom. The van der Waals surface area contributed by atoms with E-state index in [0.29, 0.717) is 18.1 Å². The molecule has 2 saturated carbocycles. The molecule has 1 aromatic carbocycles. The molecule has 0 bridgehead atoms. The predicted molar refractivity (Wildman–Crippen MR) is 92.8 cm³/mol. The Balaban J connectivity index is 1.83. The molecule has 0 heterocycles. The van der Waals surface area contributed by atoms with Gasteiger partial charge in [-0.1, -0.05) is 19.1 Å². The van der Waals surface area contributed by atoms with Crippen LogP contribution < -0.4 is 0 Å². The van der Waals surface area contributed by atoms with Crippen LogP contribution >= 0.6 is 0 Å². The zero-order chi connectivity index (χ0) is 17.1. The lowest BCUT2D eigenvalue weighted by Gasteiger charge is -2.56. The van der Waals surface area contributed by atoms with Gasteiger partial charge in [-0.2, -0.15) is 0 Å². The van der Waals surface area contributed by atoms with Crippen LogP contribution in [0.2, 0.25) is 0 Å². The Hall–Kier alpha value is -1.35. The molecular formula is C21H27FO2. The monoisotopic (exact) mass is 330 g/mol. The molecule has 3 aliphatic rings. The lowest BCUT2D eigenvalue weighted by atomic mass is 9.47. The molecule has 3 unspecified atom stereocenters. The topological polar surface area (TPSA) is 40.5 Å². The summed E-state index contributed by atoms with van der Waals surface area (Å²) in [6, 6.07) is 5.74. The van der Waals surface area contributed by atoms with Gasteiger partial charge < -0.3 is 10.2 Å². The molecule has 3 heteroatoms. The van der Waals surface area contributed by atoms with Crippen molar-refractivity contribution in [1.82, 2.24) is 0 Å². The van der Waals surface area contributed by atoms with E-state index in [1.807, 2.05) is 19.1 Å². The maximum absolute atomic E-state index is 14.8. The zero-order valence-corrected chi connectivity index (χ0v) is 14.3. The number of aromatic hydroxyl groups is 1. The highest BCUT2D eigenvalue weighted by Gasteiger charge is 2.62. The van der Waals surface area contributed by atoms with Crippen LogP contribution in [-0.2, 0) is 11.8 Å². The standard InChI is InChI=1S/C21H27FO2/c1-3-8-21-10-9-20(2)17(12-18(24)19(20)22)16(21)6-4-13-11-14(23)5-7-15(13)21/h3,5,7,11,16-19,23-24H,1,4,6,8-10,12H2,2H3/t16-,17-,18?,19?,20-,21?/m0/s1. The van der Waals surface area contributed by atoms with Crippen molar-refractivity contribution < 1.29 is 14.6 Å². The van der Waals surface area contributed by atoms with E-state index in [-0.39, 0.29) is 11.3 Å². The highest BCUT2D eigenvalue weighted by atomic mass is 19.1. The lowest BCUT2D eigenvalue weighted by molar-refractivity contribution is -0.0325. The second kappa shape index (κ2) is 5.32. The third-order valence-corrected chi connectivity index (χ3v) is 7.47. The van der Waals surface area contributed by atoms with Crippen molar-refractivity contribution in [3.05, 3.63) is 42.0 Å². The predicted octanol–water partition coefficient (Wildman–Crippen LogP) is 4.29. The number of rotatable bonds is 2. The van der Waals surface area contributed by atoms with Crippen LogP contribution in [0.3, 0.4) is 0 Å². The smallest absolute Gasteiger partial charge is 0.131 e. The normalized spacial score (nSPS) is 43.6. The van der Waals surface area contributed by atoms with Crippen molar-refractivity contribution in [2.75, 3.05) is 0 Å². The summed E-state index contributed by atoms with van der Waals surface area (Å²) in [5.74, 6) is 0.918. The van der Waals surface area contributed by atoms with Gasteiger partial charge in [-0.3, -0.25) is 0 Å². The number of benzene rings is 1. The molecule has 24 heavy (non-hydrogen) atoms. The van der Waals surface area contributed by atoms with Crippen molar-refractivity contribution in [3.63, 3.8) is 0 Å². The van der Waals surface area contributed by atoms with E-state index in [4.69, 9.17) is 0 Å². The maximum Gasteiger partial charge on any atom is 0.131 e. The van der Waals surface area contributed by atoms with Gasteiger partial charge in [0.25, 0.3) is 0 Å². The SMILES string of the molecule is C=CCC12CC[C@]3(C)C(F)C(O)C[C@H]3[C@@H]1CCc1cc(O)ccc12. The molecule has 4 rings (SSSR count). The molecule has 2 nitrogen and oxygen atoms in total. The number of aliphatic hydroxyl groups is 1. The summed E-state index contributed by atoms with van der Waals surface area (Å²) in [5.41, 5.74) is 2.13. The Kier molecular flexibility index (Phi) is 3.58. The van der Waals surface area contributed by atoms with Crippen molar-refractivity contribution in [2.24, 2.45) is 17.3 Å². The first-order valence-electron chi connectivity index (χ1n) is 9.18. The van der Waals surface area contributed by atoms with Gasteiger partial charge in [0.05, 0.1) is 6.10 Å². The van der Waals surface area contributed by atoms with Crippen LogP contribution in [0, 0.1) is 17.3 Å². The van der Waals surface area contributed by atoms with Crippen LogP contribution in [0.4, 0.5) is 4.39 Å². The average Bonchev–Trinajstić information content (AvgIpc) is 2.79. The molecule has 0 aliphatic heterocycles. The van der Waals surface area contributed by atoms with Crippen molar-refractivity contribution in [2.45, 2.75) is 63.1 Å². The van der Waals surface area contributed by atoms with Gasteiger partial charge in [-0.15, -0.1) is 6.58 Å². The number of phenols is 1. The third-order valence-electron chi connectivity index (χ3n) is 7.47. The van der Waals surface area contributed by atoms with E-state index >= 15 is 0 Å². The summed E-state index contributed by atoms with van der Waals surface area (Å²) >= 11 is 0. The fraction of sp³-hybridized carbons (Fsp3) is 0.619. The van der Waals surface area contributed by atoms with Crippen molar-refractivity contribution in [3.8, 4) is 5.75 Å². The van der Waals surface area contributed by atoms with Crippen LogP contribution in [0.1, 0.15) is 50.2 Å². The van der Waals surface area contributed by atoms with Crippen LogP contribution in [0.15, 0.2) is 30.9 Å². The average molecular weight is 330 g/mol. The maximum atomic E-state index is 14.8. The highest BCUT2D eigenvalue weighted by Crippen LogP contribution is 2.64. The molecule has 130 valence electrons. The highest BCUT2D eigenvalue weighted by molar-refractivity contribution is 5.44. The Morgan fingerprint density at radius 1 is 1.33 bits per heavy atom. The fourth-order valence-electron chi connectivity index (χ4n) is 6.32. The first-order valence-corrected chi connectivity index (χ1v) is 9.18. The quantitative estimate of drug-likeness (QED) is 0.794. The van der Waals surface area contributed by atoms with E-state index in [0.717, 1.165) is 32.1 Å². The number of halogens is 1. The van der Waals surface area contributed by atoms with E-state index in [2.05, 4.69) is 12.6 Å². The summed E-state index contributed by atoms with van der Waals surface area (Å²) in [4.78, 5) is 0. The minimum atomic E-state index is -1.11. The first kappa shape index (κ1) is 16.1. The molecule has 0 aromatic heterocycles. The minimum absolute atomic E-state index is 0.0169. The number of aliphatic hydroxyl groups excluding tert-OH is 1. The van der Waals surface area contributed by atoms with Crippen LogP contribution in [0.25, 0.3) is 0 Å². The second-order valence-corrected chi connectivity index (χ2v) is 8.45. The van der Waals surface area contributed by atoms with Gasteiger partial charge in [0.15, 0.2) is 0 Å². The largest absolute Gasteiger partial charge is 0.508 e. The molecule has 0 amide bonds. The number of hydrogen-bond acceptors (Lipinski definition) is 2.